The Morgan fingerprint density at radius 2 is 1.88 bits per heavy atom. The number of nitrogens with zero attached hydrogens (tertiary/aromatic N) is 4. The normalized spacial score (nSPS) is 15.4. The van der Waals surface area contributed by atoms with Crippen LogP contribution in [0.3, 0.4) is 0 Å². The van der Waals surface area contributed by atoms with E-state index in [1.165, 1.54) is 5.56 Å². The van der Waals surface area contributed by atoms with Crippen molar-refractivity contribution < 1.29 is 9.18 Å². The molecule has 0 spiro atoms. The molecule has 1 aromatic carbocycles. The number of rotatable bonds is 3. The quantitative estimate of drug-likeness (QED) is 0.879. The molecule has 1 aliphatic heterocycles. The lowest BCUT2D eigenvalue weighted by molar-refractivity contribution is -0.129. The van der Waals surface area contributed by atoms with Crippen LogP contribution in [0.1, 0.15) is 38.2 Å². The van der Waals surface area contributed by atoms with Gasteiger partial charge < -0.3 is 4.90 Å². The molecule has 3 rings (SSSR count). The van der Waals surface area contributed by atoms with Gasteiger partial charge in [0.1, 0.15) is 0 Å². The van der Waals surface area contributed by atoms with E-state index in [0.29, 0.717) is 30.4 Å². The molecule has 6 nitrogen and oxygen atoms in total. The van der Waals surface area contributed by atoms with Gasteiger partial charge in [0, 0.05) is 18.7 Å². The van der Waals surface area contributed by atoms with E-state index in [-0.39, 0.29) is 0 Å². The Balaban J connectivity index is 1.63. The van der Waals surface area contributed by atoms with Crippen LogP contribution in [0.15, 0.2) is 35.7 Å². The Bertz CT molecular complexity index is 727. The average molecular weight is 329 g/mol. The van der Waals surface area contributed by atoms with Crippen molar-refractivity contribution in [2.75, 3.05) is 13.1 Å². The fraction of sp³-hybridized carbons (Fsp3) is 0.412. The highest BCUT2D eigenvalue weighted by Gasteiger charge is 2.26. The van der Waals surface area contributed by atoms with Gasteiger partial charge in [0.25, 0.3) is 5.91 Å². The third-order valence-electron chi connectivity index (χ3n) is 4.39. The topological polar surface area (TPSA) is 74.8 Å². The van der Waals surface area contributed by atoms with E-state index in [0.717, 1.165) is 18.4 Å². The number of hydrogen-bond acceptors (Lipinski definition) is 4. The lowest BCUT2D eigenvalue weighted by atomic mass is 9.89. The van der Waals surface area contributed by atoms with Gasteiger partial charge in [-0.25, -0.2) is 4.39 Å². The molecule has 1 aliphatic rings. The average Bonchev–Trinajstić information content (AvgIpc) is 3.15. The Morgan fingerprint density at radius 3 is 2.42 bits per heavy atom. The largest absolute Gasteiger partial charge is 0.337 e. The number of hydrogen-bond donors (Lipinski definition) is 1. The number of tetrazole rings is 1. The summed E-state index contributed by atoms with van der Waals surface area (Å²) in [6.07, 6.45) is 1.67. The van der Waals surface area contributed by atoms with Crippen LogP contribution in [-0.2, 0) is 4.79 Å². The molecule has 1 fully saturated rings. The van der Waals surface area contributed by atoms with Crippen molar-refractivity contribution >= 4 is 5.91 Å². The molecule has 126 valence electrons. The number of carbonyl (C=O) groups excluding carboxylic acids is 1. The van der Waals surface area contributed by atoms with Crippen molar-refractivity contribution in [3.8, 4) is 11.4 Å². The summed E-state index contributed by atoms with van der Waals surface area (Å²) in [6, 6.07) is 8.07. The number of nitrogens with one attached hydrogen (secondary N) is 1. The van der Waals surface area contributed by atoms with Gasteiger partial charge in [-0.3, -0.25) is 4.79 Å². The Kier molecular flexibility index (Phi) is 4.69. The van der Waals surface area contributed by atoms with Gasteiger partial charge in [-0.05, 0) is 49.0 Å². The van der Waals surface area contributed by atoms with Gasteiger partial charge >= 0.3 is 0 Å². The number of halogens is 1. The molecule has 1 N–H and O–H groups in total. The summed E-state index contributed by atoms with van der Waals surface area (Å²) in [5.74, 6) is -0.166. The number of aromatic nitrogens is 4. The van der Waals surface area contributed by atoms with Crippen LogP contribution < -0.4 is 0 Å². The maximum absolute atomic E-state index is 13.8. The predicted octanol–water partition coefficient (Wildman–Crippen LogP) is 2.84. The minimum absolute atomic E-state index is 0.378. The fourth-order valence-corrected chi connectivity index (χ4v) is 2.96. The van der Waals surface area contributed by atoms with E-state index in [2.05, 4.69) is 32.8 Å². The lowest BCUT2D eigenvalue weighted by Gasteiger charge is -2.32. The van der Waals surface area contributed by atoms with Gasteiger partial charge in [-0.15, -0.1) is 10.2 Å². The van der Waals surface area contributed by atoms with Crippen molar-refractivity contribution in [3.63, 3.8) is 0 Å². The molecule has 24 heavy (non-hydrogen) atoms. The van der Waals surface area contributed by atoms with E-state index in [9.17, 15) is 9.18 Å². The van der Waals surface area contributed by atoms with Gasteiger partial charge in [0.05, 0.1) is 0 Å². The van der Waals surface area contributed by atoms with Gasteiger partial charge in [0.2, 0.25) is 5.82 Å². The molecule has 2 heterocycles. The first-order chi connectivity index (χ1) is 11.6. The molecule has 7 heteroatoms. The van der Waals surface area contributed by atoms with Crippen molar-refractivity contribution in [3.05, 3.63) is 41.2 Å². The summed E-state index contributed by atoms with van der Waals surface area (Å²) in [4.78, 5) is 13.6. The molecule has 0 saturated carbocycles. The minimum atomic E-state index is -0.627. The number of benzene rings is 1. The highest BCUT2D eigenvalue weighted by atomic mass is 19.1. The second-order valence-corrected chi connectivity index (χ2v) is 6.24. The molecule has 1 saturated heterocycles. The zero-order valence-corrected chi connectivity index (χ0v) is 13.8. The van der Waals surface area contributed by atoms with E-state index < -0.39 is 11.7 Å². The van der Waals surface area contributed by atoms with Gasteiger partial charge in [-0.2, -0.15) is 5.21 Å². The first-order valence-electron chi connectivity index (χ1n) is 8.02. The standard InChI is InChI=1S/C17H20FN5O/c1-11(2)15(18)17(24)23-9-7-13(8-10-23)12-3-5-14(6-4-12)16-19-21-22-20-16/h3-6,13H,7-10H2,1-2H3,(H,19,20,21,22). The number of H-pyrrole nitrogens is 1. The molecule has 0 radical (unpaired) electrons. The molecule has 0 aliphatic carbocycles. The van der Waals surface area contributed by atoms with Crippen LogP contribution in [0.4, 0.5) is 4.39 Å². The Morgan fingerprint density at radius 1 is 1.21 bits per heavy atom. The summed E-state index contributed by atoms with van der Waals surface area (Å²) in [5, 5.41) is 13.9. The fourth-order valence-electron chi connectivity index (χ4n) is 2.96. The molecule has 0 atom stereocenters. The third kappa shape index (κ3) is 3.34. The van der Waals surface area contributed by atoms with Crippen molar-refractivity contribution in [1.82, 2.24) is 25.5 Å². The van der Waals surface area contributed by atoms with E-state index in [4.69, 9.17) is 0 Å². The maximum Gasteiger partial charge on any atom is 0.282 e. The molecular weight excluding hydrogens is 309 g/mol. The van der Waals surface area contributed by atoms with E-state index in [1.807, 2.05) is 12.1 Å². The number of aromatic amines is 1. The molecule has 0 unspecified atom stereocenters. The summed E-state index contributed by atoms with van der Waals surface area (Å²) >= 11 is 0. The molecule has 2 aromatic rings. The Labute approximate surface area is 139 Å². The minimum Gasteiger partial charge on any atom is -0.337 e. The van der Waals surface area contributed by atoms with Gasteiger partial charge in [0.15, 0.2) is 5.83 Å². The van der Waals surface area contributed by atoms with Crippen LogP contribution in [-0.4, -0.2) is 44.5 Å². The number of piperidine rings is 1. The summed E-state index contributed by atoms with van der Waals surface area (Å²) in [7, 11) is 0. The first kappa shape index (κ1) is 16.3. The Hall–Kier alpha value is -2.57. The second-order valence-electron chi connectivity index (χ2n) is 6.24. The number of carbonyl (C=O) groups is 1. The zero-order chi connectivity index (χ0) is 17.1. The molecule has 0 bridgehead atoms. The van der Waals surface area contributed by atoms with Crippen LogP contribution in [0.25, 0.3) is 11.4 Å². The smallest absolute Gasteiger partial charge is 0.282 e. The predicted molar refractivity (Wildman–Crippen MR) is 87.7 cm³/mol. The monoisotopic (exact) mass is 329 g/mol. The lowest BCUT2D eigenvalue weighted by Crippen LogP contribution is -2.38. The summed E-state index contributed by atoms with van der Waals surface area (Å²) in [6.45, 7) is 4.39. The van der Waals surface area contributed by atoms with Crippen LogP contribution in [0, 0.1) is 0 Å². The number of allylic oxidation sites excluding steroid dienone is 1. The highest BCUT2D eigenvalue weighted by Crippen LogP contribution is 2.30. The van der Waals surface area contributed by atoms with E-state index in [1.54, 1.807) is 18.7 Å². The van der Waals surface area contributed by atoms with E-state index >= 15 is 0 Å². The molecule has 1 amide bonds. The van der Waals surface area contributed by atoms with Crippen LogP contribution >= 0.6 is 0 Å². The van der Waals surface area contributed by atoms with Crippen molar-refractivity contribution in [2.24, 2.45) is 0 Å². The zero-order valence-electron chi connectivity index (χ0n) is 13.8. The van der Waals surface area contributed by atoms with Crippen molar-refractivity contribution in [2.45, 2.75) is 32.6 Å². The second kappa shape index (κ2) is 6.90. The SMILES string of the molecule is CC(C)=C(F)C(=O)N1CCC(c2ccc(-c3nn[nH]n3)cc2)CC1. The molecule has 1 aromatic heterocycles. The van der Waals surface area contributed by atoms with Crippen LogP contribution in [0.2, 0.25) is 0 Å². The highest BCUT2D eigenvalue weighted by molar-refractivity contribution is 5.91. The maximum atomic E-state index is 13.8. The molecular formula is C17H20FN5O. The van der Waals surface area contributed by atoms with Gasteiger partial charge in [-0.1, -0.05) is 24.3 Å². The van der Waals surface area contributed by atoms with Crippen LogP contribution in [0.5, 0.6) is 0 Å². The summed E-state index contributed by atoms with van der Waals surface area (Å²) < 4.78 is 13.8. The first-order valence-corrected chi connectivity index (χ1v) is 8.02. The number of likely N-dealkylation sites (tertiary alicyclic amines) is 1. The summed E-state index contributed by atoms with van der Waals surface area (Å²) in [5.41, 5.74) is 2.56. The number of amides is 1. The van der Waals surface area contributed by atoms with Crippen molar-refractivity contribution in [1.29, 1.82) is 0 Å². The third-order valence-corrected chi connectivity index (χ3v) is 4.39.